The topological polar surface area (TPSA) is 78.1 Å². The van der Waals surface area contributed by atoms with Crippen LogP contribution in [0.15, 0.2) is 71.5 Å². The van der Waals surface area contributed by atoms with Gasteiger partial charge >= 0.3 is 0 Å². The SMILES string of the molecule is CCC(C)N(CC(=O)NC(C)c1ccc2ccccc2c1)Cc1nc2ccccc2c(=O)[nH]1. The summed E-state index contributed by atoms with van der Waals surface area (Å²) in [6, 6.07) is 21.8. The Bertz CT molecular complexity index is 1330. The second kappa shape index (κ2) is 9.96. The van der Waals surface area contributed by atoms with Crippen LogP contribution in [0.1, 0.15) is 44.6 Å². The molecule has 4 rings (SSSR count). The summed E-state index contributed by atoms with van der Waals surface area (Å²) in [5.41, 5.74) is 1.57. The molecule has 0 radical (unpaired) electrons. The molecule has 3 aromatic carbocycles. The van der Waals surface area contributed by atoms with Crippen molar-refractivity contribution in [1.82, 2.24) is 20.2 Å². The maximum atomic E-state index is 12.9. The third kappa shape index (κ3) is 5.29. The second-order valence-electron chi connectivity index (χ2n) is 8.59. The molecule has 2 N–H and O–H groups in total. The predicted octanol–water partition coefficient (Wildman–Crippen LogP) is 4.55. The minimum atomic E-state index is -0.158. The first-order valence-electron chi connectivity index (χ1n) is 11.4. The standard InChI is InChI=1S/C27H30N4O2/c1-4-18(2)31(16-25-29-24-12-8-7-11-23(24)27(33)30-25)17-26(32)28-19(3)21-14-13-20-9-5-6-10-22(20)15-21/h5-15,18-19H,4,16-17H2,1-3H3,(H,28,32)(H,29,30,33). The Kier molecular flexibility index (Phi) is 6.84. The molecule has 0 saturated carbocycles. The first kappa shape index (κ1) is 22.7. The molecule has 0 saturated heterocycles. The number of para-hydroxylation sites is 1. The molecule has 33 heavy (non-hydrogen) atoms. The number of amides is 1. The van der Waals surface area contributed by atoms with Crippen LogP contribution in [0.5, 0.6) is 0 Å². The van der Waals surface area contributed by atoms with E-state index in [4.69, 9.17) is 0 Å². The van der Waals surface area contributed by atoms with E-state index in [-0.39, 0.29) is 30.1 Å². The summed E-state index contributed by atoms with van der Waals surface area (Å²) >= 11 is 0. The maximum absolute atomic E-state index is 12.9. The van der Waals surface area contributed by atoms with E-state index < -0.39 is 0 Å². The van der Waals surface area contributed by atoms with E-state index in [2.05, 4.69) is 64.4 Å². The first-order valence-corrected chi connectivity index (χ1v) is 11.4. The van der Waals surface area contributed by atoms with Crippen LogP contribution in [0.3, 0.4) is 0 Å². The van der Waals surface area contributed by atoms with E-state index in [1.165, 1.54) is 5.39 Å². The average molecular weight is 443 g/mol. The number of rotatable bonds is 8. The minimum absolute atomic E-state index is 0.0564. The fourth-order valence-corrected chi connectivity index (χ4v) is 4.06. The molecular formula is C27H30N4O2. The molecule has 0 aliphatic carbocycles. The van der Waals surface area contributed by atoms with Gasteiger partial charge in [0.15, 0.2) is 0 Å². The highest BCUT2D eigenvalue weighted by Gasteiger charge is 2.19. The fourth-order valence-electron chi connectivity index (χ4n) is 4.06. The number of aromatic nitrogens is 2. The van der Waals surface area contributed by atoms with E-state index >= 15 is 0 Å². The molecule has 0 fully saturated rings. The molecule has 1 heterocycles. The van der Waals surface area contributed by atoms with Gasteiger partial charge in [-0.2, -0.15) is 0 Å². The molecule has 2 unspecified atom stereocenters. The first-order chi connectivity index (χ1) is 15.9. The van der Waals surface area contributed by atoms with E-state index in [9.17, 15) is 9.59 Å². The van der Waals surface area contributed by atoms with Crippen molar-refractivity contribution in [3.63, 3.8) is 0 Å². The number of H-pyrrole nitrogens is 1. The summed E-state index contributed by atoms with van der Waals surface area (Å²) in [6.07, 6.45) is 0.880. The molecule has 0 bridgehead atoms. The minimum Gasteiger partial charge on any atom is -0.348 e. The summed E-state index contributed by atoms with van der Waals surface area (Å²) in [7, 11) is 0. The normalized spacial score (nSPS) is 13.3. The lowest BCUT2D eigenvalue weighted by atomic mass is 10.0. The molecule has 0 spiro atoms. The number of benzene rings is 3. The van der Waals surface area contributed by atoms with E-state index in [0.717, 1.165) is 17.4 Å². The number of hydrogen-bond acceptors (Lipinski definition) is 4. The lowest BCUT2D eigenvalue weighted by molar-refractivity contribution is -0.123. The second-order valence-corrected chi connectivity index (χ2v) is 8.59. The number of nitrogens with one attached hydrogen (secondary N) is 2. The van der Waals surface area contributed by atoms with E-state index in [1.807, 2.05) is 37.3 Å². The number of carbonyl (C=O) groups is 1. The molecule has 0 aliphatic heterocycles. The Morgan fingerprint density at radius 2 is 1.76 bits per heavy atom. The van der Waals surface area contributed by atoms with Crippen molar-refractivity contribution in [3.8, 4) is 0 Å². The van der Waals surface area contributed by atoms with Gasteiger partial charge in [-0.15, -0.1) is 0 Å². The van der Waals surface area contributed by atoms with Crippen molar-refractivity contribution in [3.05, 3.63) is 88.5 Å². The summed E-state index contributed by atoms with van der Waals surface area (Å²) in [5, 5.41) is 6.03. The van der Waals surface area contributed by atoms with Crippen LogP contribution in [0.25, 0.3) is 21.7 Å². The van der Waals surface area contributed by atoms with E-state index in [0.29, 0.717) is 23.3 Å². The molecule has 4 aromatic rings. The van der Waals surface area contributed by atoms with Gasteiger partial charge in [-0.3, -0.25) is 14.5 Å². The van der Waals surface area contributed by atoms with Crippen molar-refractivity contribution in [2.45, 2.75) is 45.8 Å². The quantitative estimate of drug-likeness (QED) is 0.420. The molecule has 1 amide bonds. The summed E-state index contributed by atoms with van der Waals surface area (Å²) in [6.45, 7) is 6.79. The molecule has 6 nitrogen and oxygen atoms in total. The van der Waals surface area contributed by atoms with Gasteiger partial charge in [0.2, 0.25) is 5.91 Å². The third-order valence-corrected chi connectivity index (χ3v) is 6.23. The highest BCUT2D eigenvalue weighted by molar-refractivity contribution is 5.83. The van der Waals surface area contributed by atoms with Crippen LogP contribution < -0.4 is 10.9 Å². The van der Waals surface area contributed by atoms with Gasteiger partial charge < -0.3 is 10.3 Å². The van der Waals surface area contributed by atoms with Crippen molar-refractivity contribution in [1.29, 1.82) is 0 Å². The van der Waals surface area contributed by atoms with Gasteiger partial charge in [-0.1, -0.05) is 55.5 Å². The molecule has 0 aliphatic rings. The van der Waals surface area contributed by atoms with Gasteiger partial charge in [-0.25, -0.2) is 4.98 Å². The number of aromatic amines is 1. The molecule has 6 heteroatoms. The number of carbonyl (C=O) groups excluding carboxylic acids is 1. The zero-order valence-corrected chi connectivity index (χ0v) is 19.3. The van der Waals surface area contributed by atoms with Crippen LogP contribution in [0.4, 0.5) is 0 Å². The van der Waals surface area contributed by atoms with Crippen LogP contribution in [0, 0.1) is 0 Å². The van der Waals surface area contributed by atoms with Gasteiger partial charge in [0.1, 0.15) is 5.82 Å². The number of nitrogens with zero attached hydrogens (tertiary/aromatic N) is 2. The summed E-state index contributed by atoms with van der Waals surface area (Å²) in [4.78, 5) is 34.9. The molecule has 2 atom stereocenters. The Balaban J connectivity index is 1.47. The monoisotopic (exact) mass is 442 g/mol. The van der Waals surface area contributed by atoms with Gasteiger partial charge in [0, 0.05) is 6.04 Å². The van der Waals surface area contributed by atoms with Crippen LogP contribution in [-0.2, 0) is 11.3 Å². The smallest absolute Gasteiger partial charge is 0.258 e. The zero-order chi connectivity index (χ0) is 23.4. The van der Waals surface area contributed by atoms with Crippen molar-refractivity contribution < 1.29 is 4.79 Å². The maximum Gasteiger partial charge on any atom is 0.258 e. The van der Waals surface area contributed by atoms with Gasteiger partial charge in [0.05, 0.1) is 30.0 Å². The van der Waals surface area contributed by atoms with Crippen molar-refractivity contribution in [2.24, 2.45) is 0 Å². The molecule has 1 aromatic heterocycles. The van der Waals surface area contributed by atoms with E-state index in [1.54, 1.807) is 6.07 Å². The van der Waals surface area contributed by atoms with Crippen molar-refractivity contribution in [2.75, 3.05) is 6.54 Å². The summed E-state index contributed by atoms with van der Waals surface area (Å²) in [5.74, 6) is 0.508. The van der Waals surface area contributed by atoms with Gasteiger partial charge in [0.25, 0.3) is 5.56 Å². The zero-order valence-electron chi connectivity index (χ0n) is 19.3. The highest BCUT2D eigenvalue weighted by Crippen LogP contribution is 2.20. The fraction of sp³-hybridized carbons (Fsp3) is 0.296. The Hall–Kier alpha value is -3.51. The average Bonchev–Trinajstić information content (AvgIpc) is 2.82. The Labute approximate surface area is 193 Å². The molecule has 170 valence electrons. The number of hydrogen-bond donors (Lipinski definition) is 2. The Morgan fingerprint density at radius 1 is 1.03 bits per heavy atom. The lowest BCUT2D eigenvalue weighted by Crippen LogP contribution is -2.42. The third-order valence-electron chi connectivity index (χ3n) is 6.23. The van der Waals surface area contributed by atoms with Crippen molar-refractivity contribution >= 4 is 27.6 Å². The van der Waals surface area contributed by atoms with Crippen LogP contribution in [-0.4, -0.2) is 33.4 Å². The number of fused-ring (bicyclic) bond motifs is 2. The highest BCUT2D eigenvalue weighted by atomic mass is 16.2. The Morgan fingerprint density at radius 3 is 2.55 bits per heavy atom. The largest absolute Gasteiger partial charge is 0.348 e. The molecular weight excluding hydrogens is 412 g/mol. The van der Waals surface area contributed by atoms with Crippen LogP contribution in [0.2, 0.25) is 0 Å². The lowest BCUT2D eigenvalue weighted by Gasteiger charge is -2.28. The van der Waals surface area contributed by atoms with Gasteiger partial charge in [-0.05, 0) is 54.8 Å². The van der Waals surface area contributed by atoms with Crippen LogP contribution >= 0.6 is 0 Å². The summed E-state index contributed by atoms with van der Waals surface area (Å²) < 4.78 is 0. The predicted molar refractivity (Wildman–Crippen MR) is 133 cm³/mol.